The molecule has 4 N–H and O–H groups in total. The van der Waals surface area contributed by atoms with Crippen molar-refractivity contribution in [3.63, 3.8) is 0 Å². The molecule has 1 aromatic rings. The first-order valence-corrected chi connectivity index (χ1v) is 7.53. The summed E-state index contributed by atoms with van der Waals surface area (Å²) < 4.78 is 5.25. The third-order valence-corrected chi connectivity index (χ3v) is 4.32. The van der Waals surface area contributed by atoms with Gasteiger partial charge in [-0.2, -0.15) is 0 Å². The lowest BCUT2D eigenvalue weighted by atomic mass is 9.81. The van der Waals surface area contributed by atoms with Gasteiger partial charge in [-0.15, -0.1) is 0 Å². The first-order chi connectivity index (χ1) is 10.1. The molecule has 0 radical (unpaired) electrons. The van der Waals surface area contributed by atoms with Crippen molar-refractivity contribution >= 4 is 7.05 Å². The molecule has 0 aromatic heterocycles. The number of hydrogen-bond acceptors (Lipinski definition) is 5. The smallest absolute Gasteiger partial charge is 0.376 e. The average molecular weight is 292 g/mol. The molecule has 0 amide bonds. The minimum atomic E-state index is -0.589. The van der Waals surface area contributed by atoms with E-state index in [4.69, 9.17) is 10.5 Å². The molecule has 3 atom stereocenters. The van der Waals surface area contributed by atoms with E-state index in [1.54, 1.807) is 13.9 Å². The van der Waals surface area contributed by atoms with E-state index in [1.807, 2.05) is 23.0 Å². The number of benzene rings is 1. The second kappa shape index (κ2) is 7.27. The molecule has 116 valence electrons. The fourth-order valence-electron chi connectivity index (χ4n) is 3.34. The molecular weight excluding hydrogens is 267 g/mol. The highest BCUT2D eigenvalue weighted by atomic mass is 16.5. The van der Waals surface area contributed by atoms with Crippen molar-refractivity contribution in [3.05, 3.63) is 29.8 Å². The van der Waals surface area contributed by atoms with Gasteiger partial charge in [0.2, 0.25) is 0 Å². The van der Waals surface area contributed by atoms with Crippen LogP contribution in [-0.4, -0.2) is 53.8 Å². The van der Waals surface area contributed by atoms with Crippen LogP contribution in [0.1, 0.15) is 18.4 Å². The molecule has 1 aliphatic heterocycles. The van der Waals surface area contributed by atoms with Crippen molar-refractivity contribution in [3.8, 4) is 5.75 Å². The molecule has 0 saturated carbocycles. The summed E-state index contributed by atoms with van der Waals surface area (Å²) in [5, 5.41) is 20.1. The van der Waals surface area contributed by atoms with Crippen molar-refractivity contribution in [2.45, 2.75) is 44.3 Å². The average Bonchev–Trinajstić information content (AvgIpc) is 2.90. The van der Waals surface area contributed by atoms with Crippen LogP contribution in [0.3, 0.4) is 0 Å². The minimum absolute atomic E-state index is 0.0643. The Morgan fingerprint density at radius 2 is 2.24 bits per heavy atom. The van der Waals surface area contributed by atoms with E-state index in [1.165, 1.54) is 5.56 Å². The lowest BCUT2D eigenvalue weighted by Gasteiger charge is -2.33. The Labute approximate surface area is 126 Å². The molecule has 0 unspecified atom stereocenters. The maximum Gasteiger partial charge on any atom is 0.376 e. The molecule has 2 rings (SSSR count). The molecule has 1 saturated heterocycles. The number of aliphatic hydroxyl groups excluding tert-OH is 1. The van der Waals surface area contributed by atoms with Crippen molar-refractivity contribution in [2.24, 2.45) is 5.73 Å². The van der Waals surface area contributed by atoms with E-state index in [-0.39, 0.29) is 18.6 Å². The Morgan fingerprint density at radius 1 is 1.48 bits per heavy atom. The zero-order valence-electron chi connectivity index (χ0n) is 12.8. The van der Waals surface area contributed by atoms with E-state index in [2.05, 4.69) is 6.07 Å². The molecule has 6 heteroatoms. The number of aliphatic hydroxyl groups is 1. The van der Waals surface area contributed by atoms with Crippen LogP contribution in [-0.2, 0) is 6.42 Å². The molecule has 5 nitrogen and oxygen atoms in total. The van der Waals surface area contributed by atoms with Gasteiger partial charge in [-0.25, -0.2) is 0 Å². The summed E-state index contributed by atoms with van der Waals surface area (Å²) in [5.74, 6) is 0.840. The van der Waals surface area contributed by atoms with Crippen LogP contribution < -0.4 is 10.5 Å². The fourth-order valence-corrected chi connectivity index (χ4v) is 3.34. The molecule has 0 aliphatic carbocycles. The molecule has 1 aromatic carbocycles. The van der Waals surface area contributed by atoms with E-state index in [0.29, 0.717) is 0 Å². The van der Waals surface area contributed by atoms with Crippen LogP contribution >= 0.6 is 0 Å². The zero-order valence-corrected chi connectivity index (χ0v) is 12.8. The Balaban J connectivity index is 2.11. The van der Waals surface area contributed by atoms with Gasteiger partial charge in [-0.05, 0) is 43.8 Å². The molecule has 1 fully saturated rings. The van der Waals surface area contributed by atoms with Gasteiger partial charge in [0.25, 0.3) is 0 Å². The summed E-state index contributed by atoms with van der Waals surface area (Å²) in [6, 6.07) is 8.13. The number of hydrogen-bond donors (Lipinski definition) is 3. The molecule has 1 heterocycles. The van der Waals surface area contributed by atoms with Crippen molar-refractivity contribution in [2.75, 3.05) is 13.7 Å². The Bertz CT molecular complexity index is 458. The van der Waals surface area contributed by atoms with Gasteiger partial charge < -0.3 is 25.4 Å². The lowest BCUT2D eigenvalue weighted by Crippen LogP contribution is -2.52. The summed E-state index contributed by atoms with van der Waals surface area (Å²) >= 11 is 0. The van der Waals surface area contributed by atoms with E-state index in [0.717, 1.165) is 25.0 Å². The first kappa shape index (κ1) is 16.3. The summed E-state index contributed by atoms with van der Waals surface area (Å²) in [7, 11) is 1.07. The van der Waals surface area contributed by atoms with Crippen LogP contribution in [0.5, 0.6) is 5.75 Å². The van der Waals surface area contributed by atoms with Gasteiger partial charge >= 0.3 is 7.05 Å². The SMILES string of the molecule is COc1cccc(C[C@@H]2CC[C@H]([C@@H](O)CN)N2B(C)O)c1. The molecule has 0 spiro atoms. The van der Waals surface area contributed by atoms with Gasteiger partial charge in [0, 0.05) is 18.6 Å². The van der Waals surface area contributed by atoms with Crippen LogP contribution in [0.25, 0.3) is 0 Å². The quantitative estimate of drug-likeness (QED) is 0.665. The summed E-state index contributed by atoms with van der Waals surface area (Å²) in [6.45, 7) is 1.97. The number of nitrogens with zero attached hydrogens (tertiary/aromatic N) is 1. The third kappa shape index (κ3) is 3.77. The predicted molar refractivity (Wildman–Crippen MR) is 84.2 cm³/mol. The molecular formula is C15H25BN2O3. The van der Waals surface area contributed by atoms with Crippen LogP contribution in [0.4, 0.5) is 0 Å². The normalized spacial score (nSPS) is 24.0. The van der Waals surface area contributed by atoms with E-state index in [9.17, 15) is 10.1 Å². The second-order valence-electron chi connectivity index (χ2n) is 5.74. The van der Waals surface area contributed by atoms with Crippen molar-refractivity contribution in [1.29, 1.82) is 0 Å². The molecule has 21 heavy (non-hydrogen) atoms. The highest BCUT2D eigenvalue weighted by molar-refractivity contribution is 6.45. The maximum atomic E-state index is 10.1. The van der Waals surface area contributed by atoms with Crippen LogP contribution in [0, 0.1) is 0 Å². The van der Waals surface area contributed by atoms with Crippen LogP contribution in [0.2, 0.25) is 6.82 Å². The molecule has 1 aliphatic rings. The first-order valence-electron chi connectivity index (χ1n) is 7.53. The van der Waals surface area contributed by atoms with E-state index < -0.39 is 13.2 Å². The largest absolute Gasteiger partial charge is 0.497 e. The highest BCUT2D eigenvalue weighted by Gasteiger charge is 2.40. The fraction of sp³-hybridized carbons (Fsp3) is 0.600. The Hall–Kier alpha value is -1.08. The second-order valence-corrected chi connectivity index (χ2v) is 5.74. The number of rotatable bonds is 6. The van der Waals surface area contributed by atoms with Gasteiger partial charge in [0.05, 0.1) is 13.2 Å². The Morgan fingerprint density at radius 3 is 2.86 bits per heavy atom. The minimum Gasteiger partial charge on any atom is -0.497 e. The summed E-state index contributed by atoms with van der Waals surface area (Å²) in [4.78, 5) is 2.00. The number of nitrogens with two attached hydrogens (primary N) is 1. The third-order valence-electron chi connectivity index (χ3n) is 4.32. The Kier molecular flexibility index (Phi) is 5.64. The summed E-state index contributed by atoms with van der Waals surface area (Å²) in [5.41, 5.74) is 6.75. The predicted octanol–water partition coefficient (Wildman–Crippen LogP) is 0.501. The zero-order chi connectivity index (χ0) is 15.4. The number of ether oxygens (including phenoxy) is 1. The lowest BCUT2D eigenvalue weighted by molar-refractivity contribution is 0.0964. The summed E-state index contributed by atoms with van der Waals surface area (Å²) in [6.07, 6.45) is 2.05. The highest BCUT2D eigenvalue weighted by Crippen LogP contribution is 2.30. The monoisotopic (exact) mass is 292 g/mol. The van der Waals surface area contributed by atoms with Gasteiger partial charge in [0.1, 0.15) is 5.75 Å². The van der Waals surface area contributed by atoms with Crippen molar-refractivity contribution in [1.82, 2.24) is 4.81 Å². The van der Waals surface area contributed by atoms with Gasteiger partial charge in [-0.3, -0.25) is 0 Å². The maximum absolute atomic E-state index is 10.1. The standard InChI is InChI=1S/C15H25BN2O3/c1-16(20)18-12(6-7-14(18)15(19)10-17)8-11-4-3-5-13(9-11)21-2/h3-5,9,12,14-15,19-20H,6-8,10,17H2,1-2H3/t12-,14+,15-/m0/s1. The van der Waals surface area contributed by atoms with Gasteiger partial charge in [0.15, 0.2) is 0 Å². The van der Waals surface area contributed by atoms with Crippen molar-refractivity contribution < 1.29 is 14.9 Å². The molecule has 0 bridgehead atoms. The van der Waals surface area contributed by atoms with Crippen LogP contribution in [0.15, 0.2) is 24.3 Å². The van der Waals surface area contributed by atoms with Gasteiger partial charge in [-0.1, -0.05) is 12.1 Å². The topological polar surface area (TPSA) is 79.0 Å². The van der Waals surface area contributed by atoms with E-state index >= 15 is 0 Å². The number of methoxy groups -OCH3 is 1.